The Hall–Kier alpha value is -7.43. The van der Waals surface area contributed by atoms with Crippen LogP contribution in [0, 0.1) is 0 Å². The first-order valence-corrected chi connectivity index (χ1v) is 18.9. The minimum atomic E-state index is -0.510. The number of furan rings is 1. The molecule has 0 bridgehead atoms. The molecule has 10 aromatic rings. The zero-order valence-corrected chi connectivity index (χ0v) is 30.3. The largest absolute Gasteiger partial charge is 0.455 e. The first kappa shape index (κ1) is 32.0. The lowest BCUT2D eigenvalue weighted by Gasteiger charge is -2.34. The molecule has 2 heterocycles. The Balaban J connectivity index is 1.17. The summed E-state index contributed by atoms with van der Waals surface area (Å²) in [5.41, 5.74) is 13.4. The number of benzene rings is 8. The summed E-state index contributed by atoms with van der Waals surface area (Å²) in [6, 6.07) is 70.4. The molecule has 0 saturated heterocycles. The van der Waals surface area contributed by atoms with Crippen molar-refractivity contribution in [3.8, 4) is 56.4 Å². The lowest BCUT2D eigenvalue weighted by Crippen LogP contribution is -2.28. The van der Waals surface area contributed by atoms with E-state index in [0.717, 1.165) is 49.8 Å². The van der Waals surface area contributed by atoms with Crippen LogP contribution in [0.1, 0.15) is 22.3 Å². The molecule has 11 rings (SSSR count). The standard InChI is InChI=1S/C52H33N3O/c1-5-17-34(18-6-1)49-53-50(35-19-7-2-8-20-35)55-51(54-49)43-32-31-39(48-47(43)42-26-14-16-28-46(42)56-48)36-29-30-41-40-25-13-15-27-44(40)52(45(41)33-36,37-21-9-3-10-22-37)38-23-11-4-12-24-38/h1-33H. The smallest absolute Gasteiger partial charge is 0.164 e. The van der Waals surface area contributed by atoms with Crippen molar-refractivity contribution in [1.29, 1.82) is 0 Å². The Kier molecular flexibility index (Phi) is 7.36. The van der Waals surface area contributed by atoms with Crippen LogP contribution in [0.25, 0.3) is 78.4 Å². The van der Waals surface area contributed by atoms with Gasteiger partial charge in [-0.05, 0) is 63.2 Å². The van der Waals surface area contributed by atoms with Gasteiger partial charge in [-0.3, -0.25) is 0 Å². The molecule has 0 saturated carbocycles. The number of aromatic nitrogens is 3. The maximum absolute atomic E-state index is 6.86. The Morgan fingerprint density at radius 1 is 0.357 bits per heavy atom. The van der Waals surface area contributed by atoms with Crippen molar-refractivity contribution >= 4 is 21.9 Å². The fourth-order valence-corrected chi connectivity index (χ4v) is 8.78. The van der Waals surface area contributed by atoms with E-state index in [9.17, 15) is 0 Å². The van der Waals surface area contributed by atoms with Gasteiger partial charge in [0.25, 0.3) is 0 Å². The Labute approximate surface area is 324 Å². The van der Waals surface area contributed by atoms with E-state index in [-0.39, 0.29) is 0 Å². The van der Waals surface area contributed by atoms with E-state index in [1.165, 1.54) is 33.4 Å². The van der Waals surface area contributed by atoms with E-state index in [1.807, 2.05) is 72.8 Å². The number of nitrogens with zero attached hydrogens (tertiary/aromatic N) is 3. The molecule has 1 aliphatic rings. The molecule has 4 heteroatoms. The van der Waals surface area contributed by atoms with Crippen molar-refractivity contribution in [3.05, 3.63) is 222 Å². The van der Waals surface area contributed by atoms with Crippen LogP contribution in [0.3, 0.4) is 0 Å². The van der Waals surface area contributed by atoms with Crippen molar-refractivity contribution in [1.82, 2.24) is 15.0 Å². The summed E-state index contributed by atoms with van der Waals surface area (Å²) < 4.78 is 6.86. The molecule has 0 radical (unpaired) electrons. The lowest BCUT2D eigenvalue weighted by atomic mass is 9.67. The van der Waals surface area contributed by atoms with Gasteiger partial charge >= 0.3 is 0 Å². The molecule has 262 valence electrons. The third-order valence-corrected chi connectivity index (χ3v) is 11.2. The maximum Gasteiger partial charge on any atom is 0.164 e. The minimum absolute atomic E-state index is 0.510. The van der Waals surface area contributed by atoms with Gasteiger partial charge in [-0.1, -0.05) is 176 Å². The van der Waals surface area contributed by atoms with Crippen molar-refractivity contribution in [2.75, 3.05) is 0 Å². The van der Waals surface area contributed by atoms with E-state index >= 15 is 0 Å². The molecule has 0 aliphatic heterocycles. The highest BCUT2D eigenvalue weighted by Crippen LogP contribution is 2.57. The van der Waals surface area contributed by atoms with Crippen molar-refractivity contribution < 1.29 is 4.42 Å². The van der Waals surface area contributed by atoms with Gasteiger partial charge < -0.3 is 4.42 Å². The SMILES string of the molecule is c1ccc(-c2nc(-c3ccccc3)nc(-c3ccc(-c4ccc5c(c4)C(c4ccccc4)(c4ccccc4)c4ccccc4-5)c4oc5ccccc5c34)n2)cc1. The predicted octanol–water partition coefficient (Wildman–Crippen LogP) is 12.8. The summed E-state index contributed by atoms with van der Waals surface area (Å²) in [7, 11) is 0. The topological polar surface area (TPSA) is 51.8 Å². The third-order valence-electron chi connectivity index (χ3n) is 11.2. The van der Waals surface area contributed by atoms with Crippen LogP contribution in [0.4, 0.5) is 0 Å². The summed E-state index contributed by atoms with van der Waals surface area (Å²) in [5.74, 6) is 1.84. The van der Waals surface area contributed by atoms with E-state index in [2.05, 4.69) is 127 Å². The molecular formula is C52H33N3O. The van der Waals surface area contributed by atoms with Gasteiger partial charge in [-0.15, -0.1) is 0 Å². The third kappa shape index (κ3) is 4.89. The summed E-state index contributed by atoms with van der Waals surface area (Å²) in [6.45, 7) is 0. The predicted molar refractivity (Wildman–Crippen MR) is 226 cm³/mol. The van der Waals surface area contributed by atoms with Crippen LogP contribution >= 0.6 is 0 Å². The number of hydrogen-bond donors (Lipinski definition) is 0. The molecule has 2 aromatic heterocycles. The number of para-hydroxylation sites is 1. The second-order valence-electron chi connectivity index (χ2n) is 14.3. The van der Waals surface area contributed by atoms with Crippen LogP contribution in [0.5, 0.6) is 0 Å². The van der Waals surface area contributed by atoms with Gasteiger partial charge in [0.05, 0.1) is 5.41 Å². The molecule has 4 nitrogen and oxygen atoms in total. The highest BCUT2D eigenvalue weighted by molar-refractivity contribution is 6.16. The quantitative estimate of drug-likeness (QED) is 0.172. The van der Waals surface area contributed by atoms with E-state index in [0.29, 0.717) is 17.5 Å². The number of rotatable bonds is 6. The lowest BCUT2D eigenvalue weighted by molar-refractivity contribution is 0.670. The fourth-order valence-electron chi connectivity index (χ4n) is 8.78. The molecule has 0 atom stereocenters. The zero-order chi connectivity index (χ0) is 37.1. The van der Waals surface area contributed by atoms with Crippen LogP contribution in [0.2, 0.25) is 0 Å². The second kappa shape index (κ2) is 12.9. The highest BCUT2D eigenvalue weighted by Gasteiger charge is 2.46. The maximum atomic E-state index is 6.86. The van der Waals surface area contributed by atoms with Gasteiger partial charge in [0.1, 0.15) is 11.2 Å². The van der Waals surface area contributed by atoms with Crippen LogP contribution < -0.4 is 0 Å². The molecular weight excluding hydrogens is 683 g/mol. The van der Waals surface area contributed by atoms with E-state index < -0.39 is 5.41 Å². The van der Waals surface area contributed by atoms with E-state index in [1.54, 1.807) is 0 Å². The molecule has 0 amide bonds. The van der Waals surface area contributed by atoms with Gasteiger partial charge in [0, 0.05) is 33.0 Å². The summed E-state index contributed by atoms with van der Waals surface area (Å²) in [5, 5.41) is 1.99. The number of fused-ring (bicyclic) bond motifs is 6. The van der Waals surface area contributed by atoms with Gasteiger partial charge in [0.15, 0.2) is 17.5 Å². The Morgan fingerprint density at radius 2 is 0.857 bits per heavy atom. The average Bonchev–Trinajstić information content (AvgIpc) is 3.81. The van der Waals surface area contributed by atoms with Gasteiger partial charge in [-0.2, -0.15) is 0 Å². The number of hydrogen-bond acceptors (Lipinski definition) is 4. The summed E-state index contributed by atoms with van der Waals surface area (Å²) >= 11 is 0. The first-order valence-electron chi connectivity index (χ1n) is 18.9. The van der Waals surface area contributed by atoms with Crippen LogP contribution in [-0.4, -0.2) is 15.0 Å². The van der Waals surface area contributed by atoms with Crippen molar-refractivity contribution in [2.24, 2.45) is 0 Å². The van der Waals surface area contributed by atoms with Crippen molar-refractivity contribution in [2.45, 2.75) is 5.41 Å². The Bertz CT molecular complexity index is 2970. The minimum Gasteiger partial charge on any atom is -0.455 e. The molecule has 56 heavy (non-hydrogen) atoms. The van der Waals surface area contributed by atoms with Gasteiger partial charge in [-0.25, -0.2) is 15.0 Å². The molecule has 0 unspecified atom stereocenters. The normalized spacial score (nSPS) is 12.8. The zero-order valence-electron chi connectivity index (χ0n) is 30.3. The monoisotopic (exact) mass is 715 g/mol. The first-order chi connectivity index (χ1) is 27.8. The van der Waals surface area contributed by atoms with E-state index in [4.69, 9.17) is 19.4 Å². The second-order valence-corrected chi connectivity index (χ2v) is 14.3. The summed E-state index contributed by atoms with van der Waals surface area (Å²) in [6.07, 6.45) is 0. The Morgan fingerprint density at radius 3 is 1.52 bits per heavy atom. The molecule has 1 aliphatic carbocycles. The molecule has 0 fully saturated rings. The highest BCUT2D eigenvalue weighted by atomic mass is 16.3. The van der Waals surface area contributed by atoms with Crippen LogP contribution in [0.15, 0.2) is 205 Å². The van der Waals surface area contributed by atoms with Crippen molar-refractivity contribution in [3.63, 3.8) is 0 Å². The van der Waals surface area contributed by atoms with Gasteiger partial charge in [0.2, 0.25) is 0 Å². The summed E-state index contributed by atoms with van der Waals surface area (Å²) in [4.78, 5) is 15.2. The average molecular weight is 716 g/mol. The van der Waals surface area contributed by atoms with Crippen LogP contribution in [-0.2, 0) is 5.41 Å². The molecule has 8 aromatic carbocycles. The fraction of sp³-hybridized carbons (Fsp3) is 0.0192. The molecule has 0 spiro atoms. The molecule has 0 N–H and O–H groups in total.